The molecule has 11 rings (SSSR count). The van der Waals surface area contributed by atoms with Crippen molar-refractivity contribution in [3.63, 3.8) is 0 Å². The molecule has 12 heteroatoms. The fourth-order valence-corrected chi connectivity index (χ4v) is 10.8. The average molecular weight is 789 g/mol. The van der Waals surface area contributed by atoms with Crippen LogP contribution in [0.25, 0.3) is 0 Å². The average Bonchev–Trinajstić information content (AvgIpc) is 3.55. The Hall–Kier alpha value is -5.31. The maximum atomic E-state index is 15.3. The third-order valence-electron chi connectivity index (χ3n) is 11.8. The van der Waals surface area contributed by atoms with Gasteiger partial charge >= 0.3 is 0 Å². The van der Waals surface area contributed by atoms with E-state index in [9.17, 15) is 19.2 Å². The van der Waals surface area contributed by atoms with Gasteiger partial charge in [0.05, 0.1) is 23.7 Å². The maximum Gasteiger partial charge on any atom is 0.238 e. The Bertz CT molecular complexity index is 2280. The van der Waals surface area contributed by atoms with Gasteiger partial charge in [0.25, 0.3) is 0 Å². The van der Waals surface area contributed by atoms with Crippen molar-refractivity contribution in [3.8, 4) is 22.9 Å². The molecule has 8 aliphatic rings. The summed E-state index contributed by atoms with van der Waals surface area (Å²) in [5.74, 6) is -6.92. The molecule has 4 bridgehead atoms. The minimum Gasteiger partial charge on any atom is -0.274 e. The van der Waals surface area contributed by atoms with E-state index in [0.717, 1.165) is 24.3 Å². The molecule has 0 unspecified atom stereocenters. The van der Waals surface area contributed by atoms with Gasteiger partial charge in [-0.2, -0.15) is 0 Å². The second kappa shape index (κ2) is 12.1. The predicted molar refractivity (Wildman–Crippen MR) is 208 cm³/mol. The Morgan fingerprint density at radius 2 is 0.714 bits per heavy atom. The first-order chi connectivity index (χ1) is 26.4. The molecular weight excluding hydrogens is 753 g/mol. The van der Waals surface area contributed by atoms with Gasteiger partial charge in [-0.25, -0.2) is 27.4 Å². The van der Waals surface area contributed by atoms with Crippen LogP contribution in [0.2, 0.25) is 39.3 Å². The Labute approximate surface area is 323 Å². The summed E-state index contributed by atoms with van der Waals surface area (Å²) >= 11 is 0. The minimum atomic E-state index is -2.11. The second-order valence-corrected chi connectivity index (χ2v) is 27.0. The van der Waals surface area contributed by atoms with Crippen molar-refractivity contribution < 1.29 is 36.7 Å². The largest absolute Gasteiger partial charge is 0.274 e. The molecule has 0 saturated carbocycles. The highest BCUT2D eigenvalue weighted by atomic mass is 28.3. The molecule has 0 aromatic heterocycles. The van der Waals surface area contributed by atoms with E-state index in [-0.39, 0.29) is 0 Å². The molecule has 6 nitrogen and oxygen atoms in total. The van der Waals surface area contributed by atoms with Crippen LogP contribution in [0.3, 0.4) is 0 Å². The molecule has 2 fully saturated rings. The van der Waals surface area contributed by atoms with Gasteiger partial charge in [0.15, 0.2) is 0 Å². The van der Waals surface area contributed by atoms with Crippen molar-refractivity contribution in [3.05, 3.63) is 117 Å². The Balaban J connectivity index is 1.32. The number of carbonyl (C=O) groups is 4. The third-order valence-corrected chi connectivity index (χ3v) is 13.6. The fraction of sp³-hybridized carbons (Fsp3) is 0.318. The number of amides is 4. The number of rotatable bonds is 2. The molecule has 56 heavy (non-hydrogen) atoms. The number of imide groups is 2. The molecule has 2 heterocycles. The van der Waals surface area contributed by atoms with E-state index < -0.39 is 122 Å². The molecule has 8 atom stereocenters. The van der Waals surface area contributed by atoms with Gasteiger partial charge < -0.3 is 0 Å². The summed E-state index contributed by atoms with van der Waals surface area (Å²) in [4.78, 5) is 59.0. The third kappa shape index (κ3) is 5.01. The van der Waals surface area contributed by atoms with E-state index in [0.29, 0.717) is 43.2 Å². The molecule has 4 amide bonds. The predicted octanol–water partition coefficient (Wildman–Crippen LogP) is 7.81. The highest BCUT2D eigenvalue weighted by molar-refractivity contribution is 6.84. The van der Waals surface area contributed by atoms with Crippen molar-refractivity contribution in [2.75, 3.05) is 9.80 Å². The van der Waals surface area contributed by atoms with Crippen molar-refractivity contribution in [1.82, 2.24) is 0 Å². The van der Waals surface area contributed by atoms with Gasteiger partial charge in [-0.3, -0.25) is 19.2 Å². The van der Waals surface area contributed by atoms with Gasteiger partial charge in [-0.15, -0.1) is 11.1 Å². The summed E-state index contributed by atoms with van der Waals surface area (Å²) < 4.78 is 61.1. The van der Waals surface area contributed by atoms with Crippen LogP contribution in [0.1, 0.15) is 57.1 Å². The quantitative estimate of drug-likeness (QED) is 0.0874. The van der Waals surface area contributed by atoms with Crippen LogP contribution in [-0.4, -0.2) is 39.8 Å². The molecular formula is C44H36F4N2O4Si2. The normalized spacial score (nSPS) is 27.8. The molecule has 0 radical (unpaired) electrons. The first-order valence-corrected chi connectivity index (χ1v) is 25.7. The first kappa shape index (κ1) is 36.3. The second-order valence-electron chi connectivity index (χ2n) is 17.5. The number of benzene rings is 3. The molecule has 0 spiro atoms. The maximum absolute atomic E-state index is 15.3. The van der Waals surface area contributed by atoms with Crippen LogP contribution in [0.15, 0.2) is 60.7 Å². The highest BCUT2D eigenvalue weighted by Crippen LogP contribution is 2.64. The number of nitrogens with zero attached hydrogens (tertiary/aromatic N) is 2. The molecule has 0 N–H and O–H groups in total. The number of carbonyl (C=O) groups excluding carboxylic acids is 4. The van der Waals surface area contributed by atoms with Crippen LogP contribution in [-0.2, 0) is 19.2 Å². The van der Waals surface area contributed by atoms with Crippen molar-refractivity contribution in [1.29, 1.82) is 0 Å². The lowest BCUT2D eigenvalue weighted by atomic mass is 9.53. The summed E-state index contributed by atoms with van der Waals surface area (Å²) in [6.07, 6.45) is 7.48. The Morgan fingerprint density at radius 1 is 0.464 bits per heavy atom. The first-order valence-electron chi connectivity index (χ1n) is 18.7. The summed E-state index contributed by atoms with van der Waals surface area (Å²) in [5.41, 5.74) is 9.45. The molecule has 3 aromatic rings. The number of allylic oxidation sites excluding steroid dienone is 4. The standard InChI is InChI=1S/C44H36F4N2O4Si2/c1-55(2,3)19-17-25-31-21-13-15-23(37-35(21)41(51)49(43(37)53)39-27(45)9-7-10-28(39)46)33(31)26(18-20-56(4,5)6)34-24-16-14-22(32(25)34)36-38(24)44(54)50(42(36)52)40-29(47)11-8-12-30(40)48/h7-16,21-24,35-38H,1-6H3/t21-,22-,23+,24+,35-,36-,37+,38+. The van der Waals surface area contributed by atoms with E-state index in [1.165, 1.54) is 12.1 Å². The number of hydrogen-bond acceptors (Lipinski definition) is 4. The lowest BCUT2D eigenvalue weighted by molar-refractivity contribution is -0.124. The van der Waals surface area contributed by atoms with E-state index in [4.69, 9.17) is 0 Å². The van der Waals surface area contributed by atoms with E-state index in [1.807, 2.05) is 24.3 Å². The van der Waals surface area contributed by atoms with Crippen LogP contribution >= 0.6 is 0 Å². The zero-order chi connectivity index (χ0) is 39.9. The molecule has 2 saturated heterocycles. The van der Waals surface area contributed by atoms with Crippen molar-refractivity contribution in [2.24, 2.45) is 23.7 Å². The van der Waals surface area contributed by atoms with Crippen molar-refractivity contribution >= 4 is 51.2 Å². The minimum absolute atomic E-state index is 0.582. The number of hydrogen-bond donors (Lipinski definition) is 0. The fourth-order valence-electron chi connectivity index (χ4n) is 9.83. The molecule has 6 aliphatic carbocycles. The van der Waals surface area contributed by atoms with Crippen LogP contribution in [0.5, 0.6) is 0 Å². The summed E-state index contributed by atoms with van der Waals surface area (Å²) in [7, 11) is -4.22. The Morgan fingerprint density at radius 3 is 0.946 bits per heavy atom. The topological polar surface area (TPSA) is 74.8 Å². The smallest absolute Gasteiger partial charge is 0.238 e. The summed E-state index contributed by atoms with van der Waals surface area (Å²) in [5, 5.41) is 0. The van der Waals surface area contributed by atoms with E-state index in [2.05, 4.69) is 62.2 Å². The van der Waals surface area contributed by atoms with E-state index >= 15 is 17.6 Å². The summed E-state index contributed by atoms with van der Waals surface area (Å²) in [6.45, 7) is 12.5. The zero-order valence-electron chi connectivity index (χ0n) is 31.4. The van der Waals surface area contributed by atoms with E-state index in [1.54, 1.807) is 0 Å². The van der Waals surface area contributed by atoms with Gasteiger partial charge in [0.1, 0.15) is 50.8 Å². The molecule has 3 aromatic carbocycles. The van der Waals surface area contributed by atoms with Gasteiger partial charge in [-0.05, 0) is 46.5 Å². The monoisotopic (exact) mass is 788 g/mol. The number of anilines is 2. The molecule has 2 aliphatic heterocycles. The number of para-hydroxylation sites is 2. The van der Waals surface area contributed by atoms with Crippen LogP contribution in [0.4, 0.5) is 28.9 Å². The highest BCUT2D eigenvalue weighted by Gasteiger charge is 2.64. The SMILES string of the molecule is C[Si](C)(C)C#Cc1c2c(c(C#C[Si](C)(C)C)c3c1[C@H]1C=C[C@@H]3[C@@H]3C(=O)N(c4c(F)cccc4F)C(=O)[C@@H]31)[C@@H]1C=C[C@H]2[C@H]2C(=O)N(c3c(F)cccc3F)C(=O)[C@H]21. The van der Waals surface area contributed by atoms with Gasteiger partial charge in [-0.1, -0.05) is 87.6 Å². The number of halogens is 4. The van der Waals surface area contributed by atoms with Crippen molar-refractivity contribution in [2.45, 2.75) is 63.0 Å². The Kier molecular flexibility index (Phi) is 7.85. The lowest BCUT2D eigenvalue weighted by Crippen LogP contribution is -2.42. The summed E-state index contributed by atoms with van der Waals surface area (Å²) in [6, 6.07) is 6.38. The zero-order valence-corrected chi connectivity index (χ0v) is 33.4. The van der Waals surface area contributed by atoms with Gasteiger partial charge in [0, 0.05) is 34.8 Å². The van der Waals surface area contributed by atoms with Crippen LogP contribution in [0, 0.1) is 69.9 Å². The molecule has 282 valence electrons. The lowest BCUT2D eigenvalue weighted by Gasteiger charge is -2.47. The van der Waals surface area contributed by atoms with Crippen LogP contribution < -0.4 is 9.80 Å². The van der Waals surface area contributed by atoms with Gasteiger partial charge in [0.2, 0.25) is 23.6 Å².